The molecular weight excluding hydrogens is 242 g/mol. The van der Waals surface area contributed by atoms with Gasteiger partial charge in [0.15, 0.2) is 0 Å². The van der Waals surface area contributed by atoms with Crippen LogP contribution in [0.15, 0.2) is 0 Å². The fourth-order valence-electron chi connectivity index (χ4n) is 3.26. The molecule has 1 aliphatic carbocycles. The van der Waals surface area contributed by atoms with E-state index in [4.69, 9.17) is 0 Å². The van der Waals surface area contributed by atoms with Crippen LogP contribution in [0.25, 0.3) is 0 Å². The van der Waals surface area contributed by atoms with Crippen LogP contribution in [-0.2, 0) is 0 Å². The zero-order valence-corrected chi connectivity index (χ0v) is 13.6. The molecule has 0 amide bonds. The first-order valence-electron chi connectivity index (χ1n) is 7.99. The smallest absolute Gasteiger partial charge is 0.0886 e. The summed E-state index contributed by atoms with van der Waals surface area (Å²) in [6.45, 7) is 3.69. The molecule has 1 saturated carbocycles. The Hall–Kier alpha value is 0.250. The molecular formula is C16H34ClN. The molecule has 0 aliphatic heterocycles. The molecule has 2 heteroatoms. The number of halogens is 1. The van der Waals surface area contributed by atoms with Gasteiger partial charge in [-0.3, -0.25) is 0 Å². The first kappa shape index (κ1) is 18.2. The van der Waals surface area contributed by atoms with Crippen molar-refractivity contribution in [2.24, 2.45) is 0 Å². The molecule has 18 heavy (non-hydrogen) atoms. The zero-order valence-electron chi connectivity index (χ0n) is 12.9. The lowest BCUT2D eigenvalue weighted by atomic mass is 9.93. The Morgan fingerprint density at radius 2 is 1.39 bits per heavy atom. The van der Waals surface area contributed by atoms with Crippen molar-refractivity contribution in [2.75, 3.05) is 20.6 Å². The molecule has 0 saturated heterocycles. The second-order valence-electron chi connectivity index (χ2n) is 6.56. The molecule has 0 aromatic carbocycles. The van der Waals surface area contributed by atoms with E-state index in [9.17, 15) is 0 Å². The molecule has 0 aromatic rings. The first-order chi connectivity index (χ1) is 8.17. The lowest BCUT2D eigenvalue weighted by Crippen LogP contribution is -3.00. The van der Waals surface area contributed by atoms with Gasteiger partial charge in [-0.05, 0) is 38.5 Å². The first-order valence-corrected chi connectivity index (χ1v) is 7.99. The minimum absolute atomic E-state index is 0. The Morgan fingerprint density at radius 3 is 2.00 bits per heavy atom. The fourth-order valence-corrected chi connectivity index (χ4v) is 3.26. The number of hydrogen-bond acceptors (Lipinski definition) is 0. The van der Waals surface area contributed by atoms with Crippen LogP contribution in [-0.4, -0.2) is 31.2 Å². The molecule has 0 atom stereocenters. The normalized spacial score (nSPS) is 17.5. The van der Waals surface area contributed by atoms with Gasteiger partial charge in [0.2, 0.25) is 0 Å². The van der Waals surface area contributed by atoms with Gasteiger partial charge in [0.25, 0.3) is 0 Å². The molecule has 0 bridgehead atoms. The van der Waals surface area contributed by atoms with Crippen LogP contribution in [0, 0.1) is 0 Å². The van der Waals surface area contributed by atoms with Crippen molar-refractivity contribution in [1.82, 2.24) is 0 Å². The van der Waals surface area contributed by atoms with Crippen molar-refractivity contribution >= 4 is 0 Å². The van der Waals surface area contributed by atoms with Crippen molar-refractivity contribution in [3.63, 3.8) is 0 Å². The summed E-state index contributed by atoms with van der Waals surface area (Å²) < 4.78 is 1.29. The van der Waals surface area contributed by atoms with Crippen LogP contribution in [0.3, 0.4) is 0 Å². The Bertz CT molecular complexity index is 186. The summed E-state index contributed by atoms with van der Waals surface area (Å²) in [5, 5.41) is 0. The van der Waals surface area contributed by atoms with Crippen molar-refractivity contribution in [2.45, 2.75) is 83.6 Å². The molecule has 1 fully saturated rings. The van der Waals surface area contributed by atoms with Gasteiger partial charge in [0, 0.05) is 0 Å². The molecule has 0 spiro atoms. The highest BCUT2D eigenvalue weighted by atomic mass is 35.5. The van der Waals surface area contributed by atoms with E-state index in [1.54, 1.807) is 0 Å². The second kappa shape index (κ2) is 10.1. The van der Waals surface area contributed by atoms with Gasteiger partial charge in [-0.15, -0.1) is 0 Å². The van der Waals surface area contributed by atoms with Crippen molar-refractivity contribution in [3.05, 3.63) is 0 Å². The van der Waals surface area contributed by atoms with E-state index in [0.29, 0.717) is 0 Å². The quantitative estimate of drug-likeness (QED) is 0.468. The van der Waals surface area contributed by atoms with Crippen LogP contribution in [0.1, 0.15) is 77.6 Å². The van der Waals surface area contributed by atoms with Gasteiger partial charge in [-0.25, -0.2) is 0 Å². The molecule has 1 nitrogen and oxygen atoms in total. The lowest BCUT2D eigenvalue weighted by Gasteiger charge is -2.40. The third-order valence-electron chi connectivity index (χ3n) is 4.65. The van der Waals surface area contributed by atoms with Gasteiger partial charge in [-0.2, -0.15) is 0 Å². The van der Waals surface area contributed by atoms with Crippen LogP contribution in [0.5, 0.6) is 0 Å². The van der Waals surface area contributed by atoms with Gasteiger partial charge in [0.1, 0.15) is 0 Å². The summed E-state index contributed by atoms with van der Waals surface area (Å²) in [5.41, 5.74) is 0. The van der Waals surface area contributed by atoms with E-state index in [1.807, 2.05) is 0 Å². The zero-order chi connectivity index (χ0) is 12.6. The Kier molecular flexibility index (Phi) is 10.2. The van der Waals surface area contributed by atoms with E-state index < -0.39 is 0 Å². The minimum atomic E-state index is 0. The molecule has 0 aromatic heterocycles. The minimum Gasteiger partial charge on any atom is -1.00 e. The van der Waals surface area contributed by atoms with Crippen molar-refractivity contribution in [1.29, 1.82) is 0 Å². The number of hydrogen-bond donors (Lipinski definition) is 0. The van der Waals surface area contributed by atoms with Crippen molar-refractivity contribution in [3.8, 4) is 0 Å². The number of unbranched alkanes of at least 4 members (excludes halogenated alkanes) is 5. The summed E-state index contributed by atoms with van der Waals surface area (Å²) >= 11 is 0. The largest absolute Gasteiger partial charge is 1.00 e. The predicted molar refractivity (Wildman–Crippen MR) is 77.2 cm³/mol. The van der Waals surface area contributed by atoms with E-state index in [1.165, 1.54) is 81.7 Å². The molecule has 110 valence electrons. The maximum Gasteiger partial charge on any atom is 0.0886 e. The summed E-state index contributed by atoms with van der Waals surface area (Å²) in [6.07, 6.45) is 16.0. The van der Waals surface area contributed by atoms with Crippen LogP contribution in [0.2, 0.25) is 0 Å². The van der Waals surface area contributed by atoms with Crippen LogP contribution < -0.4 is 12.4 Å². The molecule has 1 aliphatic rings. The molecule has 0 heterocycles. The maximum atomic E-state index is 2.46. The highest BCUT2D eigenvalue weighted by Crippen LogP contribution is 2.26. The molecule has 0 radical (unpaired) electrons. The van der Waals surface area contributed by atoms with E-state index in [0.717, 1.165) is 6.04 Å². The summed E-state index contributed by atoms with van der Waals surface area (Å²) in [4.78, 5) is 0. The highest BCUT2D eigenvalue weighted by molar-refractivity contribution is 4.65. The predicted octanol–water partition coefficient (Wildman–Crippen LogP) is 1.76. The summed E-state index contributed by atoms with van der Waals surface area (Å²) in [7, 11) is 4.92. The fraction of sp³-hybridized carbons (Fsp3) is 1.00. The van der Waals surface area contributed by atoms with Gasteiger partial charge < -0.3 is 16.9 Å². The topological polar surface area (TPSA) is 0 Å². The standard InChI is InChI=1S/C16H34N.ClH/c1-4-5-6-7-8-12-15-17(2,3)16-13-10-9-11-14-16;/h16H,4-15H2,1-3H3;1H/q+1;/p-1. The van der Waals surface area contributed by atoms with Crippen LogP contribution in [0.4, 0.5) is 0 Å². The Labute approximate surface area is 121 Å². The third-order valence-corrected chi connectivity index (χ3v) is 4.65. The van der Waals surface area contributed by atoms with E-state index >= 15 is 0 Å². The number of quaternary nitrogens is 1. The van der Waals surface area contributed by atoms with Crippen molar-refractivity contribution < 1.29 is 16.9 Å². The average Bonchev–Trinajstić information content (AvgIpc) is 2.35. The molecule has 1 rings (SSSR count). The lowest BCUT2D eigenvalue weighted by molar-refractivity contribution is -0.916. The van der Waals surface area contributed by atoms with E-state index in [2.05, 4.69) is 21.0 Å². The Morgan fingerprint density at radius 1 is 0.833 bits per heavy atom. The number of rotatable bonds is 8. The summed E-state index contributed by atoms with van der Waals surface area (Å²) in [6, 6.07) is 0.958. The monoisotopic (exact) mass is 275 g/mol. The SMILES string of the molecule is CCCCCCCC[N+](C)(C)C1CCCCC1.[Cl-]. The van der Waals surface area contributed by atoms with E-state index in [-0.39, 0.29) is 12.4 Å². The average molecular weight is 276 g/mol. The maximum absolute atomic E-state index is 2.46. The Balaban J connectivity index is 0.00000289. The van der Waals surface area contributed by atoms with Gasteiger partial charge >= 0.3 is 0 Å². The number of nitrogens with zero attached hydrogens (tertiary/aromatic N) is 1. The van der Waals surface area contributed by atoms with Gasteiger partial charge in [0.05, 0.1) is 26.7 Å². The molecule has 0 unspecified atom stereocenters. The third kappa shape index (κ3) is 6.99. The second-order valence-corrected chi connectivity index (χ2v) is 6.56. The van der Waals surface area contributed by atoms with Gasteiger partial charge in [-0.1, -0.05) is 39.0 Å². The molecule has 0 N–H and O–H groups in total. The highest BCUT2D eigenvalue weighted by Gasteiger charge is 2.28. The summed E-state index contributed by atoms with van der Waals surface area (Å²) in [5.74, 6) is 0. The van der Waals surface area contributed by atoms with Crippen LogP contribution >= 0.6 is 0 Å².